The molecule has 0 aliphatic carbocycles. The van der Waals surface area contributed by atoms with Gasteiger partial charge in [0, 0.05) is 30.7 Å². The Morgan fingerprint density at radius 3 is 2.40 bits per heavy atom. The summed E-state index contributed by atoms with van der Waals surface area (Å²) in [7, 11) is 0. The summed E-state index contributed by atoms with van der Waals surface area (Å²) < 4.78 is 0. The molecule has 0 amide bonds. The van der Waals surface area contributed by atoms with Crippen molar-refractivity contribution in [1.82, 2.24) is 10.2 Å². The number of rotatable bonds is 3. The molecule has 2 nitrogen and oxygen atoms in total. The van der Waals surface area contributed by atoms with Crippen LogP contribution in [0.3, 0.4) is 0 Å². The van der Waals surface area contributed by atoms with Gasteiger partial charge in [0.2, 0.25) is 0 Å². The van der Waals surface area contributed by atoms with Gasteiger partial charge in [-0.15, -0.1) is 0 Å². The highest BCUT2D eigenvalue weighted by Crippen LogP contribution is 2.25. The van der Waals surface area contributed by atoms with E-state index in [0.717, 1.165) is 19.5 Å². The molecule has 1 aromatic rings. The lowest BCUT2D eigenvalue weighted by Gasteiger charge is -2.49. The zero-order chi connectivity index (χ0) is 14.8. The van der Waals surface area contributed by atoms with Crippen molar-refractivity contribution >= 4 is 0 Å². The second-order valence-electron chi connectivity index (χ2n) is 7.43. The summed E-state index contributed by atoms with van der Waals surface area (Å²) in [5, 5.41) is 3.76. The second kappa shape index (κ2) is 6.28. The van der Waals surface area contributed by atoms with Crippen molar-refractivity contribution in [2.45, 2.75) is 58.7 Å². The fourth-order valence-electron chi connectivity index (χ4n) is 3.24. The normalized spacial score (nSPS) is 25.1. The SMILES string of the molecule is CC(C)C1CNC(Cc2ccccc2)CN1C(C)(C)C. The van der Waals surface area contributed by atoms with Crippen LogP contribution in [-0.2, 0) is 6.42 Å². The van der Waals surface area contributed by atoms with Crippen LogP contribution in [-0.4, -0.2) is 35.6 Å². The molecule has 1 heterocycles. The molecular formula is C18H30N2. The Balaban J connectivity index is 2.05. The summed E-state index contributed by atoms with van der Waals surface area (Å²) in [5.74, 6) is 0.694. The Morgan fingerprint density at radius 1 is 1.20 bits per heavy atom. The molecule has 2 rings (SSSR count). The lowest BCUT2D eigenvalue weighted by Crippen LogP contribution is -2.63. The Hall–Kier alpha value is -0.860. The predicted octanol–water partition coefficient (Wildman–Crippen LogP) is 3.33. The Labute approximate surface area is 124 Å². The summed E-state index contributed by atoms with van der Waals surface area (Å²) in [6.45, 7) is 13.9. The maximum Gasteiger partial charge on any atom is 0.0249 e. The molecule has 1 N–H and O–H groups in total. The van der Waals surface area contributed by atoms with Crippen molar-refractivity contribution < 1.29 is 0 Å². The van der Waals surface area contributed by atoms with E-state index in [-0.39, 0.29) is 5.54 Å². The lowest BCUT2D eigenvalue weighted by atomic mass is 9.91. The van der Waals surface area contributed by atoms with Gasteiger partial charge in [0.05, 0.1) is 0 Å². The summed E-state index contributed by atoms with van der Waals surface area (Å²) >= 11 is 0. The van der Waals surface area contributed by atoms with E-state index in [0.29, 0.717) is 18.0 Å². The van der Waals surface area contributed by atoms with Gasteiger partial charge in [-0.2, -0.15) is 0 Å². The molecule has 2 atom stereocenters. The van der Waals surface area contributed by atoms with Gasteiger partial charge in [-0.05, 0) is 38.7 Å². The predicted molar refractivity (Wildman–Crippen MR) is 87.0 cm³/mol. The lowest BCUT2D eigenvalue weighted by molar-refractivity contribution is 0.0198. The number of benzene rings is 1. The first-order valence-electron chi connectivity index (χ1n) is 7.92. The smallest absolute Gasteiger partial charge is 0.0249 e. The van der Waals surface area contributed by atoms with Crippen LogP contribution < -0.4 is 5.32 Å². The summed E-state index contributed by atoms with van der Waals surface area (Å²) in [5.41, 5.74) is 1.67. The molecule has 112 valence electrons. The van der Waals surface area contributed by atoms with Crippen LogP contribution in [0.1, 0.15) is 40.2 Å². The number of hydrogen-bond donors (Lipinski definition) is 1. The highest BCUT2D eigenvalue weighted by Gasteiger charge is 2.35. The molecule has 1 saturated heterocycles. The number of nitrogens with one attached hydrogen (secondary N) is 1. The minimum absolute atomic E-state index is 0.242. The highest BCUT2D eigenvalue weighted by molar-refractivity contribution is 5.16. The van der Waals surface area contributed by atoms with Crippen molar-refractivity contribution in [3.63, 3.8) is 0 Å². The molecule has 2 unspecified atom stereocenters. The Kier molecular flexibility index (Phi) is 4.87. The molecule has 0 radical (unpaired) electrons. The number of piperazine rings is 1. The van der Waals surface area contributed by atoms with Crippen LogP contribution in [0.4, 0.5) is 0 Å². The van der Waals surface area contributed by atoms with E-state index in [1.54, 1.807) is 0 Å². The average Bonchev–Trinajstić information content (AvgIpc) is 2.38. The van der Waals surface area contributed by atoms with Gasteiger partial charge < -0.3 is 5.32 Å². The van der Waals surface area contributed by atoms with Crippen molar-refractivity contribution in [1.29, 1.82) is 0 Å². The van der Waals surface area contributed by atoms with Crippen LogP contribution in [0.25, 0.3) is 0 Å². The van der Waals surface area contributed by atoms with Crippen LogP contribution in [0, 0.1) is 5.92 Å². The summed E-state index contributed by atoms with van der Waals surface area (Å²) in [6, 6.07) is 12.0. The minimum Gasteiger partial charge on any atom is -0.311 e. The van der Waals surface area contributed by atoms with E-state index in [9.17, 15) is 0 Å². The Morgan fingerprint density at radius 2 is 1.85 bits per heavy atom. The molecule has 0 aromatic heterocycles. The van der Waals surface area contributed by atoms with Crippen molar-refractivity contribution in [2.24, 2.45) is 5.92 Å². The quantitative estimate of drug-likeness (QED) is 0.909. The van der Waals surface area contributed by atoms with Crippen LogP contribution in [0.2, 0.25) is 0 Å². The maximum atomic E-state index is 3.76. The molecule has 0 spiro atoms. The first-order chi connectivity index (χ1) is 9.38. The van der Waals surface area contributed by atoms with E-state index in [1.165, 1.54) is 5.56 Å². The van der Waals surface area contributed by atoms with Gasteiger partial charge >= 0.3 is 0 Å². The third kappa shape index (κ3) is 3.83. The van der Waals surface area contributed by atoms with E-state index in [1.807, 2.05) is 0 Å². The highest BCUT2D eigenvalue weighted by atomic mass is 15.3. The van der Waals surface area contributed by atoms with Crippen LogP contribution >= 0.6 is 0 Å². The summed E-state index contributed by atoms with van der Waals surface area (Å²) in [6.07, 6.45) is 1.12. The first kappa shape index (κ1) is 15.5. The average molecular weight is 274 g/mol. The topological polar surface area (TPSA) is 15.3 Å². The third-order valence-electron chi connectivity index (χ3n) is 4.39. The van der Waals surface area contributed by atoms with Crippen molar-refractivity contribution in [3.8, 4) is 0 Å². The molecule has 1 aromatic carbocycles. The van der Waals surface area contributed by atoms with Crippen LogP contribution in [0.5, 0.6) is 0 Å². The van der Waals surface area contributed by atoms with E-state index in [4.69, 9.17) is 0 Å². The minimum atomic E-state index is 0.242. The van der Waals surface area contributed by atoms with E-state index in [2.05, 4.69) is 75.2 Å². The third-order valence-corrected chi connectivity index (χ3v) is 4.39. The fraction of sp³-hybridized carbons (Fsp3) is 0.667. The van der Waals surface area contributed by atoms with E-state index >= 15 is 0 Å². The standard InChI is InChI=1S/C18H30N2/c1-14(2)17-12-19-16(13-20(17)18(3,4)5)11-15-9-7-6-8-10-15/h6-10,14,16-17,19H,11-13H2,1-5H3. The number of hydrogen-bond acceptors (Lipinski definition) is 2. The molecular weight excluding hydrogens is 244 g/mol. The van der Waals surface area contributed by atoms with Crippen molar-refractivity contribution in [3.05, 3.63) is 35.9 Å². The van der Waals surface area contributed by atoms with Gasteiger partial charge in [0.1, 0.15) is 0 Å². The molecule has 1 fully saturated rings. The molecule has 2 heteroatoms. The summed E-state index contributed by atoms with van der Waals surface area (Å²) in [4.78, 5) is 2.70. The largest absolute Gasteiger partial charge is 0.311 e. The molecule has 0 bridgehead atoms. The van der Waals surface area contributed by atoms with Gasteiger partial charge in [-0.25, -0.2) is 0 Å². The number of nitrogens with zero attached hydrogens (tertiary/aromatic N) is 1. The molecule has 0 saturated carbocycles. The first-order valence-corrected chi connectivity index (χ1v) is 7.92. The molecule has 1 aliphatic rings. The van der Waals surface area contributed by atoms with Gasteiger partial charge in [-0.3, -0.25) is 4.90 Å². The maximum absolute atomic E-state index is 3.76. The van der Waals surface area contributed by atoms with E-state index < -0.39 is 0 Å². The van der Waals surface area contributed by atoms with Crippen LogP contribution in [0.15, 0.2) is 30.3 Å². The van der Waals surface area contributed by atoms with Gasteiger partial charge in [0.15, 0.2) is 0 Å². The molecule has 20 heavy (non-hydrogen) atoms. The van der Waals surface area contributed by atoms with Crippen molar-refractivity contribution in [2.75, 3.05) is 13.1 Å². The zero-order valence-corrected chi connectivity index (χ0v) is 13.7. The molecule has 1 aliphatic heterocycles. The Bertz CT molecular complexity index is 405. The van der Waals surface area contributed by atoms with Gasteiger partial charge in [0.25, 0.3) is 0 Å². The van der Waals surface area contributed by atoms with Gasteiger partial charge in [-0.1, -0.05) is 44.2 Å². The fourth-order valence-corrected chi connectivity index (χ4v) is 3.24. The monoisotopic (exact) mass is 274 g/mol. The second-order valence-corrected chi connectivity index (χ2v) is 7.43. The zero-order valence-electron chi connectivity index (χ0n) is 13.7.